The number of esters is 1. The quantitative estimate of drug-likeness (QED) is 0.459. The van der Waals surface area contributed by atoms with Crippen LogP contribution >= 0.6 is 0 Å². The molecule has 0 heterocycles. The van der Waals surface area contributed by atoms with E-state index in [-0.39, 0.29) is 11.9 Å². The number of carbonyl (C=O) groups is 1. The van der Waals surface area contributed by atoms with E-state index in [4.69, 9.17) is 4.74 Å². The molecule has 0 fully saturated rings. The predicted molar refractivity (Wildman–Crippen MR) is 107 cm³/mol. The van der Waals surface area contributed by atoms with E-state index in [0.717, 1.165) is 48.2 Å². The standard InChI is InChI=1S/C23H32NO2/c1-4-17-24(5-2,6-3)18-19-26-23(25)22(20-13-9-7-10-14-20)21-15-11-8-12-16-21/h7-16,22H,4-6,17-19H2,1-3H3/q+1. The summed E-state index contributed by atoms with van der Waals surface area (Å²) in [6.45, 7) is 11.3. The fourth-order valence-corrected chi connectivity index (χ4v) is 3.62. The molecule has 0 spiro atoms. The van der Waals surface area contributed by atoms with Crippen LogP contribution in [0.4, 0.5) is 0 Å². The van der Waals surface area contributed by atoms with Gasteiger partial charge in [0.05, 0.1) is 19.6 Å². The maximum Gasteiger partial charge on any atom is 0.318 e. The molecule has 0 atom stereocenters. The van der Waals surface area contributed by atoms with Crippen molar-refractivity contribution in [3.8, 4) is 0 Å². The normalized spacial score (nSPS) is 11.5. The molecular weight excluding hydrogens is 322 g/mol. The van der Waals surface area contributed by atoms with E-state index < -0.39 is 0 Å². The van der Waals surface area contributed by atoms with E-state index in [9.17, 15) is 4.79 Å². The van der Waals surface area contributed by atoms with E-state index in [2.05, 4.69) is 20.8 Å². The average molecular weight is 355 g/mol. The number of carbonyl (C=O) groups excluding carboxylic acids is 1. The van der Waals surface area contributed by atoms with Crippen LogP contribution in [-0.4, -0.2) is 43.2 Å². The summed E-state index contributed by atoms with van der Waals surface area (Å²) in [6, 6.07) is 19.8. The van der Waals surface area contributed by atoms with Gasteiger partial charge in [0, 0.05) is 0 Å². The van der Waals surface area contributed by atoms with Gasteiger partial charge in [0.15, 0.2) is 0 Å². The Bertz CT molecular complexity index is 611. The highest BCUT2D eigenvalue weighted by molar-refractivity contribution is 5.82. The molecule has 2 aromatic rings. The summed E-state index contributed by atoms with van der Waals surface area (Å²) in [7, 11) is 0. The molecule has 26 heavy (non-hydrogen) atoms. The SMILES string of the molecule is CCC[N+](CC)(CC)CCOC(=O)C(c1ccccc1)c1ccccc1. The Morgan fingerprint density at radius 1 is 0.846 bits per heavy atom. The molecular formula is C23H32NO2+. The molecule has 0 aliphatic heterocycles. The first-order chi connectivity index (χ1) is 12.7. The maximum atomic E-state index is 12.9. The highest BCUT2D eigenvalue weighted by Crippen LogP contribution is 2.26. The minimum absolute atomic E-state index is 0.163. The maximum absolute atomic E-state index is 12.9. The Morgan fingerprint density at radius 3 is 1.77 bits per heavy atom. The molecule has 3 heteroatoms. The van der Waals surface area contributed by atoms with E-state index in [0.29, 0.717) is 6.61 Å². The number of hydrogen-bond acceptors (Lipinski definition) is 2. The molecule has 0 unspecified atom stereocenters. The van der Waals surface area contributed by atoms with Gasteiger partial charge in [-0.15, -0.1) is 0 Å². The van der Waals surface area contributed by atoms with Crippen LogP contribution in [0, 0.1) is 0 Å². The van der Waals surface area contributed by atoms with Crippen molar-refractivity contribution in [3.05, 3.63) is 71.8 Å². The van der Waals surface area contributed by atoms with Crippen molar-refractivity contribution in [1.29, 1.82) is 0 Å². The van der Waals surface area contributed by atoms with Gasteiger partial charge in [0.2, 0.25) is 0 Å². The summed E-state index contributed by atoms with van der Waals surface area (Å²) in [5.41, 5.74) is 1.95. The van der Waals surface area contributed by atoms with Crippen molar-refractivity contribution in [1.82, 2.24) is 0 Å². The number of nitrogens with zero attached hydrogens (tertiary/aromatic N) is 1. The van der Waals surface area contributed by atoms with E-state index in [1.165, 1.54) is 0 Å². The minimum atomic E-state index is -0.367. The summed E-state index contributed by atoms with van der Waals surface area (Å²) in [6.07, 6.45) is 1.15. The van der Waals surface area contributed by atoms with Gasteiger partial charge in [-0.05, 0) is 31.4 Å². The number of likely N-dealkylation sites (N-methyl/N-ethyl adjacent to an activating group) is 1. The van der Waals surface area contributed by atoms with Crippen molar-refractivity contribution >= 4 is 5.97 Å². The largest absolute Gasteiger partial charge is 0.459 e. The van der Waals surface area contributed by atoms with Crippen LogP contribution in [0.2, 0.25) is 0 Å². The lowest BCUT2D eigenvalue weighted by molar-refractivity contribution is -0.925. The number of quaternary nitrogens is 1. The molecule has 140 valence electrons. The Morgan fingerprint density at radius 2 is 1.35 bits per heavy atom. The molecule has 0 aliphatic rings. The molecule has 2 aromatic carbocycles. The molecule has 0 saturated heterocycles. The summed E-state index contributed by atoms with van der Waals surface area (Å²) in [5.74, 6) is -0.530. The van der Waals surface area contributed by atoms with E-state index >= 15 is 0 Å². The molecule has 2 rings (SSSR count). The van der Waals surface area contributed by atoms with Gasteiger partial charge in [0.1, 0.15) is 19.1 Å². The van der Waals surface area contributed by atoms with Crippen LogP contribution in [0.5, 0.6) is 0 Å². The zero-order chi connectivity index (χ0) is 18.8. The van der Waals surface area contributed by atoms with Crippen molar-refractivity contribution in [2.75, 3.05) is 32.8 Å². The summed E-state index contributed by atoms with van der Waals surface area (Å²) in [4.78, 5) is 12.9. The first kappa shape index (κ1) is 20.2. The van der Waals surface area contributed by atoms with Gasteiger partial charge < -0.3 is 9.22 Å². The van der Waals surface area contributed by atoms with E-state index in [1.54, 1.807) is 0 Å². The highest BCUT2D eigenvalue weighted by atomic mass is 16.5. The Balaban J connectivity index is 2.10. The van der Waals surface area contributed by atoms with Gasteiger partial charge in [-0.2, -0.15) is 0 Å². The van der Waals surface area contributed by atoms with Crippen molar-refractivity contribution in [2.45, 2.75) is 33.1 Å². The van der Waals surface area contributed by atoms with Crippen LogP contribution in [0.15, 0.2) is 60.7 Å². The third-order valence-corrected chi connectivity index (χ3v) is 5.35. The highest BCUT2D eigenvalue weighted by Gasteiger charge is 2.26. The van der Waals surface area contributed by atoms with E-state index in [1.807, 2.05) is 60.7 Å². The van der Waals surface area contributed by atoms with Gasteiger partial charge in [0.25, 0.3) is 0 Å². The molecule has 0 radical (unpaired) electrons. The molecule has 0 amide bonds. The lowest BCUT2D eigenvalue weighted by Gasteiger charge is -2.36. The molecule has 0 saturated carbocycles. The number of benzene rings is 2. The number of rotatable bonds is 10. The smallest absolute Gasteiger partial charge is 0.318 e. The van der Waals surface area contributed by atoms with Crippen LogP contribution in [0.25, 0.3) is 0 Å². The van der Waals surface area contributed by atoms with Gasteiger partial charge in [-0.3, -0.25) is 4.79 Å². The zero-order valence-corrected chi connectivity index (χ0v) is 16.4. The summed E-state index contributed by atoms with van der Waals surface area (Å²) < 4.78 is 6.77. The van der Waals surface area contributed by atoms with Gasteiger partial charge >= 0.3 is 5.97 Å². The lowest BCUT2D eigenvalue weighted by Crippen LogP contribution is -2.50. The molecule has 0 aromatic heterocycles. The minimum Gasteiger partial charge on any atom is -0.459 e. The Hall–Kier alpha value is -2.13. The Kier molecular flexibility index (Phi) is 7.86. The molecule has 3 nitrogen and oxygen atoms in total. The van der Waals surface area contributed by atoms with Crippen LogP contribution < -0.4 is 0 Å². The van der Waals surface area contributed by atoms with Crippen LogP contribution in [0.3, 0.4) is 0 Å². The lowest BCUT2D eigenvalue weighted by atomic mass is 9.91. The topological polar surface area (TPSA) is 26.3 Å². The fraction of sp³-hybridized carbons (Fsp3) is 0.435. The number of ether oxygens (including phenoxy) is 1. The predicted octanol–water partition coefficient (Wildman–Crippen LogP) is 4.63. The third-order valence-electron chi connectivity index (χ3n) is 5.35. The monoisotopic (exact) mass is 354 g/mol. The van der Waals surface area contributed by atoms with Crippen molar-refractivity contribution in [3.63, 3.8) is 0 Å². The fourth-order valence-electron chi connectivity index (χ4n) is 3.62. The first-order valence-corrected chi connectivity index (χ1v) is 9.77. The molecule has 0 N–H and O–H groups in total. The number of hydrogen-bond donors (Lipinski definition) is 0. The molecule has 0 bridgehead atoms. The second-order valence-corrected chi connectivity index (χ2v) is 6.84. The van der Waals surface area contributed by atoms with Crippen molar-refractivity contribution in [2.24, 2.45) is 0 Å². The Labute approximate surface area is 158 Å². The van der Waals surface area contributed by atoms with Gasteiger partial charge in [-0.1, -0.05) is 67.6 Å². The van der Waals surface area contributed by atoms with Crippen LogP contribution in [-0.2, 0) is 9.53 Å². The first-order valence-electron chi connectivity index (χ1n) is 9.77. The van der Waals surface area contributed by atoms with Crippen molar-refractivity contribution < 1.29 is 14.0 Å². The second kappa shape index (κ2) is 10.1. The van der Waals surface area contributed by atoms with Gasteiger partial charge in [-0.25, -0.2) is 0 Å². The summed E-state index contributed by atoms with van der Waals surface area (Å²) in [5, 5.41) is 0. The summed E-state index contributed by atoms with van der Waals surface area (Å²) >= 11 is 0. The average Bonchev–Trinajstić information content (AvgIpc) is 2.69. The molecule has 0 aliphatic carbocycles. The third kappa shape index (κ3) is 5.18. The van der Waals surface area contributed by atoms with Crippen LogP contribution in [0.1, 0.15) is 44.2 Å². The zero-order valence-electron chi connectivity index (χ0n) is 16.4. The second-order valence-electron chi connectivity index (χ2n) is 6.84.